The van der Waals surface area contributed by atoms with Gasteiger partial charge in [-0.15, -0.1) is 0 Å². The van der Waals surface area contributed by atoms with Gasteiger partial charge in [-0.05, 0) is 49.4 Å². The number of aromatic nitrogens is 1. The van der Waals surface area contributed by atoms with Crippen molar-refractivity contribution in [2.75, 3.05) is 26.2 Å². The number of benzene rings is 2. The van der Waals surface area contributed by atoms with Crippen molar-refractivity contribution in [3.05, 3.63) is 71.4 Å². The van der Waals surface area contributed by atoms with Gasteiger partial charge in [0.25, 0.3) is 0 Å². The van der Waals surface area contributed by atoms with Crippen LogP contribution in [0.25, 0.3) is 10.9 Å². The van der Waals surface area contributed by atoms with Crippen molar-refractivity contribution >= 4 is 16.8 Å². The molecule has 32 heavy (non-hydrogen) atoms. The van der Waals surface area contributed by atoms with E-state index in [9.17, 15) is 4.79 Å². The molecule has 168 valence electrons. The number of amides is 1. The Balaban J connectivity index is 1.32. The van der Waals surface area contributed by atoms with Crippen LogP contribution in [0.2, 0.25) is 0 Å². The molecule has 0 radical (unpaired) electrons. The van der Waals surface area contributed by atoms with Gasteiger partial charge >= 0.3 is 0 Å². The first-order valence-corrected chi connectivity index (χ1v) is 12.3. The lowest BCUT2D eigenvalue weighted by Crippen LogP contribution is -2.38. The lowest BCUT2D eigenvalue weighted by Gasteiger charge is -2.31. The molecule has 3 aromatic rings. The largest absolute Gasteiger partial charge is 0.346 e. The van der Waals surface area contributed by atoms with Crippen molar-refractivity contribution < 1.29 is 4.79 Å². The van der Waals surface area contributed by atoms with Crippen LogP contribution in [0.4, 0.5) is 0 Å². The van der Waals surface area contributed by atoms with Crippen LogP contribution in [0.5, 0.6) is 0 Å². The third kappa shape index (κ3) is 4.21. The Morgan fingerprint density at radius 2 is 1.62 bits per heavy atom. The Hall–Kier alpha value is -2.59. The molecule has 4 nitrogen and oxygen atoms in total. The zero-order chi connectivity index (χ0) is 21.9. The molecule has 0 saturated carbocycles. The fraction of sp³-hybridized carbons (Fsp3) is 0.464. The number of rotatable bonds is 5. The van der Waals surface area contributed by atoms with Gasteiger partial charge in [0.15, 0.2) is 0 Å². The molecule has 1 saturated heterocycles. The van der Waals surface area contributed by atoms with E-state index in [1.54, 1.807) is 0 Å². The lowest BCUT2D eigenvalue weighted by molar-refractivity contribution is -0.133. The van der Waals surface area contributed by atoms with Crippen LogP contribution in [-0.4, -0.2) is 46.5 Å². The second-order valence-electron chi connectivity index (χ2n) is 9.52. The van der Waals surface area contributed by atoms with Gasteiger partial charge in [0, 0.05) is 49.8 Å². The van der Waals surface area contributed by atoms with Gasteiger partial charge in [0.1, 0.15) is 0 Å². The Labute approximate surface area is 191 Å². The number of aryl methyl sites for hydroxylation is 1. The minimum Gasteiger partial charge on any atom is -0.346 e. The summed E-state index contributed by atoms with van der Waals surface area (Å²) in [7, 11) is 2.19. The summed E-state index contributed by atoms with van der Waals surface area (Å²) in [4.78, 5) is 18.3. The SMILES string of the molecule is Cn1c2c(c3ccccc31)CCN(CCC(C(=O)N1CCCCCC1)c1ccccc1)C2. The Kier molecular flexibility index (Phi) is 6.31. The molecule has 1 fully saturated rings. The average Bonchev–Trinajstić information content (AvgIpc) is 3.00. The molecular weight excluding hydrogens is 394 g/mol. The average molecular weight is 430 g/mol. The third-order valence-electron chi connectivity index (χ3n) is 7.55. The van der Waals surface area contributed by atoms with E-state index in [1.165, 1.54) is 40.6 Å². The van der Waals surface area contributed by atoms with Gasteiger partial charge in [0.05, 0.1) is 5.92 Å². The molecule has 0 bridgehead atoms. The molecule has 2 aliphatic heterocycles. The number of nitrogens with zero attached hydrogens (tertiary/aromatic N) is 3. The summed E-state index contributed by atoms with van der Waals surface area (Å²) in [6.45, 7) is 4.84. The highest BCUT2D eigenvalue weighted by molar-refractivity contribution is 5.86. The number of hydrogen-bond donors (Lipinski definition) is 0. The highest BCUT2D eigenvalue weighted by atomic mass is 16.2. The van der Waals surface area contributed by atoms with Crippen LogP contribution in [0.15, 0.2) is 54.6 Å². The molecule has 4 heteroatoms. The van der Waals surface area contributed by atoms with Crippen molar-refractivity contribution in [3.63, 3.8) is 0 Å². The summed E-state index contributed by atoms with van der Waals surface area (Å²) in [5, 5.41) is 1.41. The van der Waals surface area contributed by atoms with E-state index < -0.39 is 0 Å². The fourth-order valence-corrected chi connectivity index (χ4v) is 5.70. The number of para-hydroxylation sites is 1. The van der Waals surface area contributed by atoms with E-state index in [1.807, 2.05) is 6.07 Å². The number of fused-ring (bicyclic) bond motifs is 3. The second kappa shape index (κ2) is 9.50. The molecular formula is C28H35N3O. The summed E-state index contributed by atoms with van der Waals surface area (Å²) >= 11 is 0. The number of likely N-dealkylation sites (tertiary alicyclic amines) is 1. The number of hydrogen-bond acceptors (Lipinski definition) is 2. The number of carbonyl (C=O) groups excluding carboxylic acids is 1. The van der Waals surface area contributed by atoms with Crippen molar-refractivity contribution in [3.8, 4) is 0 Å². The van der Waals surface area contributed by atoms with Gasteiger partial charge in [-0.1, -0.05) is 61.4 Å². The molecule has 0 aliphatic carbocycles. The smallest absolute Gasteiger partial charge is 0.230 e. The van der Waals surface area contributed by atoms with E-state index in [-0.39, 0.29) is 5.92 Å². The van der Waals surface area contributed by atoms with Crippen LogP contribution in [-0.2, 0) is 24.8 Å². The van der Waals surface area contributed by atoms with E-state index in [0.717, 1.165) is 58.4 Å². The monoisotopic (exact) mass is 429 g/mol. The quantitative estimate of drug-likeness (QED) is 0.564. The topological polar surface area (TPSA) is 28.5 Å². The molecule has 1 unspecified atom stereocenters. The predicted molar refractivity (Wildman–Crippen MR) is 131 cm³/mol. The summed E-state index contributed by atoms with van der Waals surface area (Å²) in [5.41, 5.74) is 5.45. The maximum Gasteiger partial charge on any atom is 0.230 e. The highest BCUT2D eigenvalue weighted by Crippen LogP contribution is 2.31. The molecule has 5 rings (SSSR count). The van der Waals surface area contributed by atoms with Gasteiger partial charge in [-0.2, -0.15) is 0 Å². The normalized spacial score (nSPS) is 18.3. The highest BCUT2D eigenvalue weighted by Gasteiger charge is 2.28. The first-order valence-electron chi connectivity index (χ1n) is 12.3. The Morgan fingerprint density at radius 1 is 0.906 bits per heavy atom. The molecule has 2 aliphatic rings. The minimum atomic E-state index is -0.0387. The van der Waals surface area contributed by atoms with Gasteiger partial charge in [-0.3, -0.25) is 9.69 Å². The van der Waals surface area contributed by atoms with E-state index in [0.29, 0.717) is 5.91 Å². The summed E-state index contributed by atoms with van der Waals surface area (Å²) in [5.74, 6) is 0.295. The lowest BCUT2D eigenvalue weighted by atomic mass is 9.93. The molecule has 3 heterocycles. The van der Waals surface area contributed by atoms with Crippen LogP contribution >= 0.6 is 0 Å². The van der Waals surface area contributed by atoms with Crippen LogP contribution in [0, 0.1) is 0 Å². The van der Waals surface area contributed by atoms with Crippen molar-refractivity contribution in [2.45, 2.75) is 51.0 Å². The number of carbonyl (C=O) groups is 1. The van der Waals surface area contributed by atoms with Crippen LogP contribution in [0.1, 0.15) is 54.8 Å². The molecule has 2 aromatic carbocycles. The van der Waals surface area contributed by atoms with Gasteiger partial charge < -0.3 is 9.47 Å². The zero-order valence-electron chi connectivity index (χ0n) is 19.3. The van der Waals surface area contributed by atoms with Crippen molar-refractivity contribution in [1.29, 1.82) is 0 Å². The van der Waals surface area contributed by atoms with Gasteiger partial charge in [-0.25, -0.2) is 0 Å². The third-order valence-corrected chi connectivity index (χ3v) is 7.55. The first-order chi connectivity index (χ1) is 15.7. The zero-order valence-corrected chi connectivity index (χ0v) is 19.3. The summed E-state index contributed by atoms with van der Waals surface area (Å²) in [6.07, 6.45) is 6.76. The summed E-state index contributed by atoms with van der Waals surface area (Å²) < 4.78 is 2.37. The van der Waals surface area contributed by atoms with E-state index in [2.05, 4.69) is 69.9 Å². The second-order valence-corrected chi connectivity index (χ2v) is 9.52. The van der Waals surface area contributed by atoms with E-state index >= 15 is 0 Å². The van der Waals surface area contributed by atoms with Crippen molar-refractivity contribution in [1.82, 2.24) is 14.4 Å². The van der Waals surface area contributed by atoms with Crippen molar-refractivity contribution in [2.24, 2.45) is 7.05 Å². The predicted octanol–water partition coefficient (Wildman–Crippen LogP) is 5.11. The molecule has 0 spiro atoms. The summed E-state index contributed by atoms with van der Waals surface area (Å²) in [6, 6.07) is 19.2. The fourth-order valence-electron chi connectivity index (χ4n) is 5.70. The Bertz CT molecular complexity index is 1060. The molecule has 1 aromatic heterocycles. The molecule has 0 N–H and O–H groups in total. The Morgan fingerprint density at radius 3 is 2.41 bits per heavy atom. The first kappa shape index (κ1) is 21.3. The van der Waals surface area contributed by atoms with Crippen LogP contribution in [0.3, 0.4) is 0 Å². The standard InChI is InChI=1S/C28H35N3O/c1-29-26-14-8-7-13-24(26)25-16-20-30(21-27(25)29)19-15-23(22-11-5-4-6-12-22)28(32)31-17-9-2-3-10-18-31/h4-8,11-14,23H,2-3,9-10,15-21H2,1H3. The maximum absolute atomic E-state index is 13.6. The van der Waals surface area contributed by atoms with Gasteiger partial charge in [0.2, 0.25) is 5.91 Å². The minimum absolute atomic E-state index is 0.0387. The molecule has 1 amide bonds. The van der Waals surface area contributed by atoms with Crippen LogP contribution < -0.4 is 0 Å². The maximum atomic E-state index is 13.6. The van der Waals surface area contributed by atoms with E-state index in [4.69, 9.17) is 0 Å². The molecule has 1 atom stereocenters.